The molecule has 1 fully saturated rings. The number of nitrogens with one attached hydrogen (secondary N) is 1. The van der Waals surface area contributed by atoms with Gasteiger partial charge < -0.3 is 10.2 Å². The molecule has 7 nitrogen and oxygen atoms in total. The van der Waals surface area contributed by atoms with Crippen LogP contribution in [-0.4, -0.2) is 38.0 Å². The van der Waals surface area contributed by atoms with Crippen molar-refractivity contribution in [2.75, 3.05) is 23.3 Å². The van der Waals surface area contributed by atoms with Crippen molar-refractivity contribution in [2.45, 2.75) is 25.8 Å². The molecule has 3 aromatic heterocycles. The molecule has 0 unspecified atom stereocenters. The number of rotatable bonds is 4. The summed E-state index contributed by atoms with van der Waals surface area (Å²) in [5, 5.41) is 3.25. The predicted molar refractivity (Wildman–Crippen MR) is 92.8 cm³/mol. The largest absolute Gasteiger partial charge is 0.355 e. The Labute approximate surface area is 140 Å². The van der Waals surface area contributed by atoms with Crippen molar-refractivity contribution in [2.24, 2.45) is 0 Å². The summed E-state index contributed by atoms with van der Waals surface area (Å²) >= 11 is 0. The maximum Gasteiger partial charge on any atom is 0.227 e. The van der Waals surface area contributed by atoms with Gasteiger partial charge in [-0.1, -0.05) is 6.07 Å². The van der Waals surface area contributed by atoms with Crippen molar-refractivity contribution < 1.29 is 0 Å². The van der Waals surface area contributed by atoms with Crippen molar-refractivity contribution >= 4 is 22.9 Å². The Morgan fingerprint density at radius 1 is 0.917 bits per heavy atom. The molecule has 3 aromatic rings. The standard InChI is InChI=1S/C17H19N7/c1-4-10-24(11-5-1)16-14-15(20-9-8-19-14)22-17(23-16)21-12-13-6-2-3-7-18-13/h2-3,6-9H,1,4-5,10-12H2,(H,20,21,22,23). The highest BCUT2D eigenvalue weighted by molar-refractivity contribution is 5.83. The van der Waals surface area contributed by atoms with E-state index in [1.54, 1.807) is 18.6 Å². The van der Waals surface area contributed by atoms with Gasteiger partial charge in [0.15, 0.2) is 17.0 Å². The second kappa shape index (κ2) is 6.74. The van der Waals surface area contributed by atoms with Crippen LogP contribution >= 0.6 is 0 Å². The van der Waals surface area contributed by atoms with Crippen LogP contribution in [0, 0.1) is 0 Å². The fourth-order valence-electron chi connectivity index (χ4n) is 2.93. The average Bonchev–Trinajstić information content (AvgIpc) is 2.67. The van der Waals surface area contributed by atoms with Gasteiger partial charge in [-0.05, 0) is 31.4 Å². The minimum atomic E-state index is 0.564. The number of aromatic nitrogens is 5. The van der Waals surface area contributed by atoms with Crippen molar-refractivity contribution in [1.82, 2.24) is 24.9 Å². The quantitative estimate of drug-likeness (QED) is 0.790. The molecule has 1 aliphatic rings. The van der Waals surface area contributed by atoms with Gasteiger partial charge in [-0.15, -0.1) is 0 Å². The molecule has 1 N–H and O–H groups in total. The van der Waals surface area contributed by atoms with E-state index in [2.05, 4.69) is 30.2 Å². The van der Waals surface area contributed by atoms with E-state index in [1.165, 1.54) is 19.3 Å². The van der Waals surface area contributed by atoms with Crippen LogP contribution in [0.25, 0.3) is 11.2 Å². The van der Waals surface area contributed by atoms with Crippen molar-refractivity contribution in [3.05, 3.63) is 42.5 Å². The minimum Gasteiger partial charge on any atom is -0.355 e. The molecule has 4 heterocycles. The van der Waals surface area contributed by atoms with Gasteiger partial charge in [0, 0.05) is 31.7 Å². The van der Waals surface area contributed by atoms with E-state index in [-0.39, 0.29) is 0 Å². The molecule has 0 aromatic carbocycles. The first-order valence-electron chi connectivity index (χ1n) is 8.28. The lowest BCUT2D eigenvalue weighted by molar-refractivity contribution is 0.574. The minimum absolute atomic E-state index is 0.564. The lowest BCUT2D eigenvalue weighted by atomic mass is 10.1. The van der Waals surface area contributed by atoms with E-state index in [0.717, 1.165) is 30.1 Å². The summed E-state index contributed by atoms with van der Waals surface area (Å²) in [4.78, 5) is 24.6. The average molecular weight is 321 g/mol. The summed E-state index contributed by atoms with van der Waals surface area (Å²) in [6, 6.07) is 5.84. The van der Waals surface area contributed by atoms with Crippen LogP contribution in [0.2, 0.25) is 0 Å². The Hall–Kier alpha value is -2.83. The van der Waals surface area contributed by atoms with Gasteiger partial charge in [-0.3, -0.25) is 4.98 Å². The Morgan fingerprint density at radius 2 is 1.79 bits per heavy atom. The molecule has 0 spiro atoms. The number of hydrogen-bond acceptors (Lipinski definition) is 7. The second-order valence-electron chi connectivity index (χ2n) is 5.82. The molecular weight excluding hydrogens is 302 g/mol. The molecule has 0 aliphatic carbocycles. The smallest absolute Gasteiger partial charge is 0.227 e. The molecule has 0 radical (unpaired) electrons. The van der Waals surface area contributed by atoms with E-state index < -0.39 is 0 Å². The lowest BCUT2D eigenvalue weighted by Gasteiger charge is -2.28. The van der Waals surface area contributed by atoms with Gasteiger partial charge in [-0.2, -0.15) is 9.97 Å². The highest BCUT2D eigenvalue weighted by atomic mass is 15.2. The van der Waals surface area contributed by atoms with Crippen LogP contribution in [0.15, 0.2) is 36.8 Å². The highest BCUT2D eigenvalue weighted by Gasteiger charge is 2.18. The number of fused-ring (bicyclic) bond motifs is 1. The van der Waals surface area contributed by atoms with Crippen LogP contribution in [-0.2, 0) is 6.54 Å². The Morgan fingerprint density at radius 3 is 2.62 bits per heavy atom. The zero-order valence-electron chi connectivity index (χ0n) is 13.4. The molecule has 0 atom stereocenters. The molecule has 122 valence electrons. The van der Waals surface area contributed by atoms with Gasteiger partial charge >= 0.3 is 0 Å². The summed E-state index contributed by atoms with van der Waals surface area (Å²) in [5.41, 5.74) is 2.33. The van der Waals surface area contributed by atoms with Crippen molar-refractivity contribution in [3.8, 4) is 0 Å². The number of nitrogens with zero attached hydrogens (tertiary/aromatic N) is 6. The van der Waals surface area contributed by atoms with Gasteiger partial charge in [-0.25, -0.2) is 9.97 Å². The third-order valence-electron chi connectivity index (χ3n) is 4.12. The summed E-state index contributed by atoms with van der Waals surface area (Å²) in [7, 11) is 0. The summed E-state index contributed by atoms with van der Waals surface area (Å²) in [6.07, 6.45) is 8.78. The summed E-state index contributed by atoms with van der Waals surface area (Å²) < 4.78 is 0. The molecule has 1 aliphatic heterocycles. The van der Waals surface area contributed by atoms with Crippen LogP contribution in [0.4, 0.5) is 11.8 Å². The van der Waals surface area contributed by atoms with Crippen molar-refractivity contribution in [1.29, 1.82) is 0 Å². The fourth-order valence-corrected chi connectivity index (χ4v) is 2.93. The van der Waals surface area contributed by atoms with Gasteiger partial charge in [0.1, 0.15) is 0 Å². The molecule has 0 amide bonds. The summed E-state index contributed by atoms with van der Waals surface area (Å²) in [5.74, 6) is 1.44. The Balaban J connectivity index is 1.65. The maximum atomic E-state index is 4.71. The number of anilines is 2. The number of hydrogen-bond donors (Lipinski definition) is 1. The maximum absolute atomic E-state index is 4.71. The first kappa shape index (κ1) is 14.7. The zero-order valence-corrected chi connectivity index (χ0v) is 13.4. The molecule has 4 rings (SSSR count). The normalized spacial score (nSPS) is 14.8. The van der Waals surface area contributed by atoms with Crippen LogP contribution < -0.4 is 10.2 Å². The van der Waals surface area contributed by atoms with E-state index >= 15 is 0 Å². The third-order valence-corrected chi connectivity index (χ3v) is 4.12. The van der Waals surface area contributed by atoms with Gasteiger partial charge in [0.2, 0.25) is 5.95 Å². The van der Waals surface area contributed by atoms with E-state index in [1.807, 2.05) is 18.2 Å². The monoisotopic (exact) mass is 321 g/mol. The molecule has 0 bridgehead atoms. The van der Waals surface area contributed by atoms with Crippen LogP contribution in [0.3, 0.4) is 0 Å². The Bertz CT molecular complexity index is 816. The first-order chi connectivity index (χ1) is 11.9. The second-order valence-corrected chi connectivity index (χ2v) is 5.82. The van der Waals surface area contributed by atoms with Gasteiger partial charge in [0.25, 0.3) is 0 Å². The molecule has 1 saturated heterocycles. The Kier molecular flexibility index (Phi) is 4.14. The van der Waals surface area contributed by atoms with E-state index in [9.17, 15) is 0 Å². The highest BCUT2D eigenvalue weighted by Crippen LogP contribution is 2.25. The van der Waals surface area contributed by atoms with Crippen LogP contribution in [0.5, 0.6) is 0 Å². The summed E-state index contributed by atoms with van der Waals surface area (Å²) in [6.45, 7) is 2.58. The van der Waals surface area contributed by atoms with Crippen molar-refractivity contribution in [3.63, 3.8) is 0 Å². The molecule has 7 heteroatoms. The van der Waals surface area contributed by atoms with E-state index in [4.69, 9.17) is 4.98 Å². The SMILES string of the molecule is c1ccc(CNc2nc(N3CCCCC3)c3nccnc3n2)nc1. The van der Waals surface area contributed by atoms with Crippen LogP contribution in [0.1, 0.15) is 25.0 Å². The molecule has 0 saturated carbocycles. The third kappa shape index (κ3) is 3.10. The molecule has 24 heavy (non-hydrogen) atoms. The number of piperidine rings is 1. The van der Waals surface area contributed by atoms with E-state index in [0.29, 0.717) is 18.1 Å². The topological polar surface area (TPSA) is 79.7 Å². The van der Waals surface area contributed by atoms with Gasteiger partial charge in [0.05, 0.1) is 12.2 Å². The lowest BCUT2D eigenvalue weighted by Crippen LogP contribution is -2.30. The number of pyridine rings is 1. The first-order valence-corrected chi connectivity index (χ1v) is 8.28. The fraction of sp³-hybridized carbons (Fsp3) is 0.353. The zero-order chi connectivity index (χ0) is 16.2. The predicted octanol–water partition coefficient (Wildman–Crippen LogP) is 2.42. The molecular formula is C17H19N7.